The van der Waals surface area contributed by atoms with Gasteiger partial charge in [-0.15, -0.1) is 0 Å². The molecule has 176 valence electrons. The van der Waals surface area contributed by atoms with E-state index in [2.05, 4.69) is 36.9 Å². The maximum atomic E-state index is 13.4. The minimum Gasteiger partial charge on any atom is -0.484 e. The molecule has 0 radical (unpaired) electrons. The van der Waals surface area contributed by atoms with Gasteiger partial charge in [0.1, 0.15) is 5.75 Å². The Kier molecular flexibility index (Phi) is 6.76. The van der Waals surface area contributed by atoms with Crippen molar-refractivity contribution >= 4 is 43.4 Å². The van der Waals surface area contributed by atoms with Gasteiger partial charge in [-0.05, 0) is 47.9 Å². The summed E-state index contributed by atoms with van der Waals surface area (Å²) in [5.74, 6) is 0.604. The molecule has 0 spiro atoms. The monoisotopic (exact) mass is 475 g/mol. The lowest BCUT2D eigenvalue weighted by Crippen LogP contribution is -2.44. The number of hydrogen-bond donors (Lipinski definition) is 0. The second-order valence-electron chi connectivity index (χ2n) is 8.67. The number of hydrogen-bond acceptors (Lipinski definition) is 6. The molecule has 1 amide bonds. The van der Waals surface area contributed by atoms with Crippen LogP contribution in [0.15, 0.2) is 54.6 Å². The van der Waals surface area contributed by atoms with E-state index in [0.29, 0.717) is 12.3 Å². The van der Waals surface area contributed by atoms with Crippen LogP contribution >= 0.6 is 11.3 Å². The number of nitrogens with zero attached hydrogens (tertiary/aromatic N) is 3. The van der Waals surface area contributed by atoms with E-state index < -0.39 is 0 Å². The first-order valence-electron chi connectivity index (χ1n) is 11.7. The van der Waals surface area contributed by atoms with E-state index in [1.54, 1.807) is 16.2 Å². The molecule has 6 nitrogen and oxygen atoms in total. The van der Waals surface area contributed by atoms with Gasteiger partial charge in [0.2, 0.25) is 0 Å². The van der Waals surface area contributed by atoms with Gasteiger partial charge in [0, 0.05) is 26.2 Å². The number of ether oxygens (including phenoxy) is 2. The first-order chi connectivity index (χ1) is 16.6. The average molecular weight is 476 g/mol. The summed E-state index contributed by atoms with van der Waals surface area (Å²) < 4.78 is 12.5. The van der Waals surface area contributed by atoms with Crippen molar-refractivity contribution in [3.63, 3.8) is 0 Å². The van der Waals surface area contributed by atoms with E-state index in [4.69, 9.17) is 14.5 Å². The molecule has 0 atom stereocenters. The zero-order valence-electron chi connectivity index (χ0n) is 19.6. The van der Waals surface area contributed by atoms with Crippen LogP contribution in [0.4, 0.5) is 5.13 Å². The second-order valence-corrected chi connectivity index (χ2v) is 9.65. The van der Waals surface area contributed by atoms with Crippen molar-refractivity contribution in [2.75, 3.05) is 50.9 Å². The van der Waals surface area contributed by atoms with Crippen LogP contribution in [0.1, 0.15) is 11.1 Å². The molecule has 0 aliphatic carbocycles. The predicted molar refractivity (Wildman–Crippen MR) is 138 cm³/mol. The summed E-state index contributed by atoms with van der Waals surface area (Å²) in [5.41, 5.74) is 3.27. The molecule has 0 saturated carbocycles. The predicted octanol–water partition coefficient (Wildman–Crippen LogP) is 4.81. The maximum absolute atomic E-state index is 13.4. The molecular weight excluding hydrogens is 446 g/mol. The smallest absolute Gasteiger partial charge is 0.266 e. The van der Waals surface area contributed by atoms with Gasteiger partial charge in [-0.1, -0.05) is 53.8 Å². The fourth-order valence-corrected chi connectivity index (χ4v) is 5.39. The summed E-state index contributed by atoms with van der Waals surface area (Å²) in [6.07, 6.45) is 0. The van der Waals surface area contributed by atoms with E-state index in [1.165, 1.54) is 5.56 Å². The number of aryl methyl sites for hydroxylation is 2. The van der Waals surface area contributed by atoms with Crippen LogP contribution in [0.5, 0.6) is 5.75 Å². The second kappa shape index (κ2) is 10.1. The first-order valence-corrected chi connectivity index (χ1v) is 12.5. The molecule has 1 aliphatic heterocycles. The molecule has 4 aromatic rings. The van der Waals surface area contributed by atoms with Crippen LogP contribution in [0.2, 0.25) is 0 Å². The lowest BCUT2D eigenvalue weighted by atomic mass is 10.1. The van der Waals surface area contributed by atoms with E-state index >= 15 is 0 Å². The quantitative estimate of drug-likeness (QED) is 0.384. The number of amides is 1. The highest BCUT2D eigenvalue weighted by molar-refractivity contribution is 7.22. The van der Waals surface area contributed by atoms with Crippen molar-refractivity contribution < 1.29 is 14.3 Å². The van der Waals surface area contributed by atoms with Gasteiger partial charge in [0.05, 0.1) is 23.4 Å². The van der Waals surface area contributed by atoms with Crippen molar-refractivity contribution in [1.82, 2.24) is 9.88 Å². The van der Waals surface area contributed by atoms with Crippen LogP contribution in [0, 0.1) is 13.8 Å². The summed E-state index contributed by atoms with van der Waals surface area (Å²) in [4.78, 5) is 22.4. The molecule has 1 aliphatic rings. The highest BCUT2D eigenvalue weighted by Gasteiger charge is 2.23. The number of carbonyl (C=O) groups is 1. The number of aromatic nitrogens is 1. The van der Waals surface area contributed by atoms with Crippen molar-refractivity contribution in [3.8, 4) is 5.75 Å². The van der Waals surface area contributed by atoms with E-state index in [-0.39, 0.29) is 12.5 Å². The number of carbonyl (C=O) groups excluding carboxylic acids is 1. The highest BCUT2D eigenvalue weighted by Crippen LogP contribution is 2.33. The van der Waals surface area contributed by atoms with Crippen LogP contribution in [-0.2, 0) is 9.53 Å². The average Bonchev–Trinajstić information content (AvgIpc) is 3.32. The van der Waals surface area contributed by atoms with E-state index in [9.17, 15) is 4.79 Å². The number of morpholine rings is 1. The van der Waals surface area contributed by atoms with E-state index in [0.717, 1.165) is 64.5 Å². The molecule has 3 aromatic carbocycles. The van der Waals surface area contributed by atoms with Gasteiger partial charge in [-0.2, -0.15) is 0 Å². The Hall–Kier alpha value is -3.00. The molecule has 1 fully saturated rings. The summed E-state index contributed by atoms with van der Waals surface area (Å²) in [6.45, 7) is 8.70. The SMILES string of the molecule is Cc1ccc(C)c2sc(N(CCN3CCOCC3)C(=O)COc3ccc4ccccc4c3)nc12. The topological polar surface area (TPSA) is 54.9 Å². The first kappa shape index (κ1) is 22.8. The third-order valence-electron chi connectivity index (χ3n) is 6.29. The summed E-state index contributed by atoms with van der Waals surface area (Å²) >= 11 is 1.58. The molecule has 2 heterocycles. The van der Waals surface area contributed by atoms with Crippen LogP contribution in [-0.4, -0.2) is 61.8 Å². The molecule has 5 rings (SSSR count). The summed E-state index contributed by atoms with van der Waals surface area (Å²) in [5, 5.41) is 2.97. The molecule has 1 saturated heterocycles. The molecule has 34 heavy (non-hydrogen) atoms. The van der Waals surface area contributed by atoms with Crippen molar-refractivity contribution in [2.45, 2.75) is 13.8 Å². The third-order valence-corrected chi connectivity index (χ3v) is 7.50. The van der Waals surface area contributed by atoms with Gasteiger partial charge in [0.15, 0.2) is 11.7 Å². The lowest BCUT2D eigenvalue weighted by molar-refractivity contribution is -0.120. The number of fused-ring (bicyclic) bond motifs is 2. The summed E-state index contributed by atoms with van der Waals surface area (Å²) in [6, 6.07) is 18.2. The van der Waals surface area contributed by atoms with Crippen molar-refractivity contribution in [2.24, 2.45) is 0 Å². The lowest BCUT2D eigenvalue weighted by Gasteiger charge is -2.29. The van der Waals surface area contributed by atoms with Crippen molar-refractivity contribution in [3.05, 3.63) is 65.7 Å². The normalized spacial score (nSPS) is 14.5. The molecular formula is C27H29N3O3S. The fraction of sp³-hybridized carbons (Fsp3) is 0.333. The van der Waals surface area contributed by atoms with Gasteiger partial charge >= 0.3 is 0 Å². The van der Waals surface area contributed by atoms with Gasteiger partial charge in [-0.3, -0.25) is 14.6 Å². The minimum atomic E-state index is -0.0872. The van der Waals surface area contributed by atoms with Crippen LogP contribution in [0.25, 0.3) is 21.0 Å². The van der Waals surface area contributed by atoms with Gasteiger partial charge in [0.25, 0.3) is 5.91 Å². The Morgan fingerprint density at radius 2 is 1.82 bits per heavy atom. The molecule has 0 unspecified atom stereocenters. The number of rotatable bonds is 7. The third kappa shape index (κ3) is 4.92. The number of benzene rings is 3. The highest BCUT2D eigenvalue weighted by atomic mass is 32.1. The Balaban J connectivity index is 1.36. The van der Waals surface area contributed by atoms with Gasteiger partial charge < -0.3 is 9.47 Å². The summed E-state index contributed by atoms with van der Waals surface area (Å²) in [7, 11) is 0. The standard InChI is InChI=1S/C27H29N3O3S/c1-19-7-8-20(2)26-25(19)28-27(34-26)30(12-11-29-13-15-32-16-14-29)24(31)18-33-23-10-9-21-5-3-4-6-22(21)17-23/h3-10,17H,11-16,18H2,1-2H3. The Morgan fingerprint density at radius 3 is 2.62 bits per heavy atom. The molecule has 0 bridgehead atoms. The van der Waals surface area contributed by atoms with E-state index in [1.807, 2.05) is 36.4 Å². The Bertz CT molecular complexity index is 1270. The van der Waals surface area contributed by atoms with Crippen molar-refractivity contribution in [1.29, 1.82) is 0 Å². The maximum Gasteiger partial charge on any atom is 0.266 e. The largest absolute Gasteiger partial charge is 0.484 e. The fourth-order valence-electron chi connectivity index (χ4n) is 4.24. The Labute approximate surface area is 203 Å². The van der Waals surface area contributed by atoms with Crippen LogP contribution < -0.4 is 9.64 Å². The Morgan fingerprint density at radius 1 is 1.06 bits per heavy atom. The van der Waals surface area contributed by atoms with Crippen LogP contribution in [0.3, 0.4) is 0 Å². The number of anilines is 1. The minimum absolute atomic E-state index is 0.0324. The molecule has 0 N–H and O–H groups in total. The molecule has 7 heteroatoms. The van der Waals surface area contributed by atoms with Gasteiger partial charge in [-0.25, -0.2) is 4.98 Å². The number of thiazole rings is 1. The zero-order valence-corrected chi connectivity index (χ0v) is 20.4. The molecule has 1 aromatic heterocycles. The zero-order chi connectivity index (χ0) is 23.5.